The summed E-state index contributed by atoms with van der Waals surface area (Å²) in [5.74, 6) is -1.88. The molecule has 1 aliphatic rings. The lowest BCUT2D eigenvalue weighted by atomic mass is 9.98. The van der Waals surface area contributed by atoms with E-state index in [9.17, 15) is 19.5 Å². The van der Waals surface area contributed by atoms with Gasteiger partial charge in [-0.15, -0.1) is 6.58 Å². The molecule has 1 aliphatic heterocycles. The van der Waals surface area contributed by atoms with Gasteiger partial charge >= 0.3 is 17.9 Å². The molecule has 1 heterocycles. The molecule has 1 fully saturated rings. The molecule has 5 atom stereocenters. The summed E-state index contributed by atoms with van der Waals surface area (Å²) in [6, 6.07) is 0. The minimum Gasteiger partial charge on any atom is -0.463 e. The molecule has 1 rings (SSSR count). The Kier molecular flexibility index (Phi) is 7.83. The van der Waals surface area contributed by atoms with Gasteiger partial charge in [0.05, 0.1) is 6.61 Å². The van der Waals surface area contributed by atoms with Crippen LogP contribution >= 0.6 is 0 Å². The van der Waals surface area contributed by atoms with Crippen LogP contribution in [0.15, 0.2) is 12.7 Å². The number of rotatable bonds is 7. The predicted molar refractivity (Wildman–Crippen MR) is 78.6 cm³/mol. The van der Waals surface area contributed by atoms with E-state index in [4.69, 9.17) is 23.7 Å². The second-order valence-electron chi connectivity index (χ2n) is 5.10. The van der Waals surface area contributed by atoms with E-state index in [2.05, 4.69) is 6.58 Å². The van der Waals surface area contributed by atoms with E-state index >= 15 is 0 Å². The van der Waals surface area contributed by atoms with Crippen LogP contribution in [0.25, 0.3) is 0 Å². The largest absolute Gasteiger partial charge is 0.463 e. The van der Waals surface area contributed by atoms with E-state index in [1.54, 1.807) is 0 Å². The van der Waals surface area contributed by atoms with Crippen molar-refractivity contribution in [1.82, 2.24) is 0 Å². The lowest BCUT2D eigenvalue weighted by Gasteiger charge is -2.43. The molecule has 1 saturated heterocycles. The summed E-state index contributed by atoms with van der Waals surface area (Å²) < 4.78 is 25.9. The molecule has 0 saturated carbocycles. The highest BCUT2D eigenvalue weighted by Gasteiger charge is 2.50. The van der Waals surface area contributed by atoms with Gasteiger partial charge in [-0.2, -0.15) is 0 Å². The molecule has 9 heteroatoms. The first-order valence-corrected chi connectivity index (χ1v) is 7.30. The van der Waals surface area contributed by atoms with Crippen LogP contribution < -0.4 is 0 Å². The summed E-state index contributed by atoms with van der Waals surface area (Å²) in [4.78, 5) is 33.7. The number of ether oxygens (including phenoxy) is 5. The lowest BCUT2D eigenvalue weighted by molar-refractivity contribution is -0.299. The van der Waals surface area contributed by atoms with Crippen molar-refractivity contribution in [3.8, 4) is 0 Å². The Hall–Kier alpha value is -1.97. The van der Waals surface area contributed by atoms with E-state index in [0.717, 1.165) is 6.92 Å². The van der Waals surface area contributed by atoms with Gasteiger partial charge in [0.25, 0.3) is 0 Å². The first kappa shape index (κ1) is 20.1. The Balaban J connectivity index is 3.05. The summed E-state index contributed by atoms with van der Waals surface area (Å²) >= 11 is 0. The standard InChI is InChI=1S/C15H22O9/c1-5-6-20-13-12(22-9(3)17)11(7-21-8(2)16)24-15(19)14(13)23-10(4)18/h5,11-15,19H,1,6-7H2,2-4H3/t11-,12-,13+,14-,15-/m1/s1. The molecular weight excluding hydrogens is 324 g/mol. The molecule has 136 valence electrons. The molecule has 0 bridgehead atoms. The summed E-state index contributed by atoms with van der Waals surface area (Å²) in [7, 11) is 0. The molecule has 0 aromatic rings. The van der Waals surface area contributed by atoms with Crippen molar-refractivity contribution in [3.63, 3.8) is 0 Å². The van der Waals surface area contributed by atoms with Crippen molar-refractivity contribution in [3.05, 3.63) is 12.7 Å². The highest BCUT2D eigenvalue weighted by atomic mass is 16.7. The molecule has 0 aliphatic carbocycles. The van der Waals surface area contributed by atoms with Crippen molar-refractivity contribution < 1.29 is 43.2 Å². The number of aliphatic hydroxyl groups is 1. The van der Waals surface area contributed by atoms with Gasteiger partial charge in [-0.1, -0.05) is 6.08 Å². The number of carbonyl (C=O) groups is 3. The Labute approximate surface area is 139 Å². The fourth-order valence-corrected chi connectivity index (χ4v) is 2.25. The fraction of sp³-hybridized carbons (Fsp3) is 0.667. The Morgan fingerprint density at radius 1 is 1.04 bits per heavy atom. The van der Waals surface area contributed by atoms with Crippen LogP contribution in [0, 0.1) is 0 Å². The number of carbonyl (C=O) groups excluding carboxylic acids is 3. The molecule has 9 nitrogen and oxygen atoms in total. The summed E-state index contributed by atoms with van der Waals surface area (Å²) in [5, 5.41) is 10.1. The smallest absolute Gasteiger partial charge is 0.303 e. The second-order valence-corrected chi connectivity index (χ2v) is 5.10. The van der Waals surface area contributed by atoms with Crippen molar-refractivity contribution in [2.45, 2.75) is 51.5 Å². The zero-order valence-corrected chi connectivity index (χ0v) is 13.8. The SMILES string of the molecule is C=CCO[C@@H]1[C@@H](OC(C)=O)[C@H](O)O[C@H](COC(C)=O)[C@H]1OC(C)=O. The van der Waals surface area contributed by atoms with Gasteiger partial charge in [0.1, 0.15) is 18.8 Å². The van der Waals surface area contributed by atoms with E-state index in [1.165, 1.54) is 19.9 Å². The molecule has 1 N–H and O–H groups in total. The van der Waals surface area contributed by atoms with Crippen molar-refractivity contribution in [1.29, 1.82) is 0 Å². The van der Waals surface area contributed by atoms with E-state index in [-0.39, 0.29) is 13.2 Å². The average molecular weight is 346 g/mol. The molecule has 0 aromatic carbocycles. The zero-order chi connectivity index (χ0) is 18.3. The zero-order valence-electron chi connectivity index (χ0n) is 13.8. The summed E-state index contributed by atoms with van der Waals surface area (Å²) in [5.41, 5.74) is 0. The molecule has 0 aromatic heterocycles. The average Bonchev–Trinajstić information content (AvgIpc) is 2.47. The van der Waals surface area contributed by atoms with Gasteiger partial charge in [-0.05, 0) is 0 Å². The molecule has 0 unspecified atom stereocenters. The molecular formula is C15H22O9. The third kappa shape index (κ3) is 5.91. The molecule has 24 heavy (non-hydrogen) atoms. The van der Waals surface area contributed by atoms with Crippen LogP contribution in [0.4, 0.5) is 0 Å². The topological polar surface area (TPSA) is 118 Å². The highest BCUT2D eigenvalue weighted by molar-refractivity contribution is 5.67. The van der Waals surface area contributed by atoms with Crippen molar-refractivity contribution in [2.75, 3.05) is 13.2 Å². The fourth-order valence-electron chi connectivity index (χ4n) is 2.25. The van der Waals surface area contributed by atoms with Crippen LogP contribution in [0.3, 0.4) is 0 Å². The first-order valence-electron chi connectivity index (χ1n) is 7.30. The van der Waals surface area contributed by atoms with Crippen LogP contribution in [0.2, 0.25) is 0 Å². The maximum Gasteiger partial charge on any atom is 0.303 e. The maximum atomic E-state index is 11.4. The van der Waals surface area contributed by atoms with Gasteiger partial charge in [0, 0.05) is 20.8 Å². The van der Waals surface area contributed by atoms with E-state index in [1.807, 2.05) is 0 Å². The van der Waals surface area contributed by atoms with Crippen LogP contribution in [0.1, 0.15) is 20.8 Å². The Morgan fingerprint density at radius 3 is 2.12 bits per heavy atom. The molecule has 0 spiro atoms. The number of esters is 3. The maximum absolute atomic E-state index is 11.4. The van der Waals surface area contributed by atoms with Gasteiger partial charge < -0.3 is 28.8 Å². The van der Waals surface area contributed by atoms with Gasteiger partial charge in [-0.25, -0.2) is 0 Å². The van der Waals surface area contributed by atoms with Crippen molar-refractivity contribution >= 4 is 17.9 Å². The quantitative estimate of drug-likeness (QED) is 0.376. The molecule has 0 radical (unpaired) electrons. The minimum atomic E-state index is -1.55. The third-order valence-electron chi connectivity index (χ3n) is 3.07. The summed E-state index contributed by atoms with van der Waals surface area (Å²) in [6.07, 6.45) is -4.40. The van der Waals surface area contributed by atoms with Crippen LogP contribution in [0.5, 0.6) is 0 Å². The monoisotopic (exact) mass is 346 g/mol. The molecule has 0 amide bonds. The number of hydrogen-bond donors (Lipinski definition) is 1. The van der Waals surface area contributed by atoms with E-state index in [0.29, 0.717) is 0 Å². The first-order chi connectivity index (χ1) is 11.3. The Bertz CT molecular complexity index is 476. The van der Waals surface area contributed by atoms with Crippen LogP contribution in [-0.2, 0) is 38.1 Å². The highest BCUT2D eigenvalue weighted by Crippen LogP contribution is 2.28. The van der Waals surface area contributed by atoms with Crippen LogP contribution in [-0.4, -0.2) is 66.9 Å². The van der Waals surface area contributed by atoms with Gasteiger partial charge in [0.15, 0.2) is 18.5 Å². The lowest BCUT2D eigenvalue weighted by Crippen LogP contribution is -2.62. The number of aliphatic hydroxyl groups excluding tert-OH is 1. The van der Waals surface area contributed by atoms with E-state index < -0.39 is 48.6 Å². The summed E-state index contributed by atoms with van der Waals surface area (Å²) in [6.45, 7) is 6.82. The third-order valence-corrected chi connectivity index (χ3v) is 3.07. The predicted octanol–water partition coefficient (Wildman–Crippen LogP) is -0.299. The second kappa shape index (κ2) is 9.36. The normalized spacial score (nSPS) is 29.4. The van der Waals surface area contributed by atoms with Crippen molar-refractivity contribution in [2.24, 2.45) is 0 Å². The van der Waals surface area contributed by atoms with Gasteiger partial charge in [0.2, 0.25) is 0 Å². The minimum absolute atomic E-state index is 0.0488. The Morgan fingerprint density at radius 2 is 1.62 bits per heavy atom. The van der Waals surface area contributed by atoms with Gasteiger partial charge in [-0.3, -0.25) is 14.4 Å². The number of hydrogen-bond acceptors (Lipinski definition) is 9.